The number of nitro groups is 1. The van der Waals surface area contributed by atoms with Crippen LogP contribution in [0.15, 0.2) is 12.1 Å². The van der Waals surface area contributed by atoms with Crippen molar-refractivity contribution in [3.63, 3.8) is 0 Å². The maximum absolute atomic E-state index is 13.6. The molecular weight excluding hydrogens is 262 g/mol. The standard InChI is InChI=1S/C11H10F2N2O4/c12-8-6-10(15(17)18)9(13)5-7(8)11(16)14-3-1-2-4-19-14/h5-6H,1-4H2. The molecule has 0 saturated carbocycles. The van der Waals surface area contributed by atoms with Crippen LogP contribution in [-0.4, -0.2) is 29.0 Å². The lowest BCUT2D eigenvalue weighted by Crippen LogP contribution is -2.36. The van der Waals surface area contributed by atoms with Crippen molar-refractivity contribution in [1.82, 2.24) is 5.06 Å². The van der Waals surface area contributed by atoms with Crippen LogP contribution in [0.1, 0.15) is 23.2 Å². The van der Waals surface area contributed by atoms with Gasteiger partial charge in [0.15, 0.2) is 0 Å². The van der Waals surface area contributed by atoms with Gasteiger partial charge in [-0.2, -0.15) is 4.39 Å². The molecule has 1 saturated heterocycles. The summed E-state index contributed by atoms with van der Waals surface area (Å²) < 4.78 is 27.0. The van der Waals surface area contributed by atoms with E-state index in [1.807, 2.05) is 0 Å². The zero-order valence-corrected chi connectivity index (χ0v) is 9.77. The summed E-state index contributed by atoms with van der Waals surface area (Å²) >= 11 is 0. The van der Waals surface area contributed by atoms with Gasteiger partial charge in [0.2, 0.25) is 5.82 Å². The summed E-state index contributed by atoms with van der Waals surface area (Å²) in [6, 6.07) is 0.917. The van der Waals surface area contributed by atoms with Gasteiger partial charge in [-0.25, -0.2) is 9.45 Å². The zero-order chi connectivity index (χ0) is 14.0. The van der Waals surface area contributed by atoms with E-state index in [0.717, 1.165) is 11.5 Å². The molecule has 2 rings (SSSR count). The number of nitrogens with zero attached hydrogens (tertiary/aromatic N) is 2. The van der Waals surface area contributed by atoms with Crippen molar-refractivity contribution in [1.29, 1.82) is 0 Å². The molecule has 1 aliphatic rings. The van der Waals surface area contributed by atoms with E-state index < -0.39 is 33.7 Å². The Labute approximate surface area is 106 Å². The molecule has 1 aromatic rings. The summed E-state index contributed by atoms with van der Waals surface area (Å²) in [5, 5.41) is 11.4. The van der Waals surface area contributed by atoms with E-state index in [-0.39, 0.29) is 6.54 Å². The molecular formula is C11H10F2N2O4. The van der Waals surface area contributed by atoms with Gasteiger partial charge in [0.25, 0.3) is 5.91 Å². The summed E-state index contributed by atoms with van der Waals surface area (Å²) in [6.45, 7) is 0.597. The smallest absolute Gasteiger partial charge is 0.271 e. The van der Waals surface area contributed by atoms with E-state index in [2.05, 4.69) is 0 Å². The Bertz CT molecular complexity index is 530. The van der Waals surface area contributed by atoms with Crippen molar-refractivity contribution in [3.05, 3.63) is 39.4 Å². The number of nitro benzene ring substituents is 1. The normalized spacial score (nSPS) is 15.4. The van der Waals surface area contributed by atoms with Gasteiger partial charge in [-0.1, -0.05) is 0 Å². The molecule has 1 aromatic carbocycles. The molecule has 102 valence electrons. The summed E-state index contributed by atoms with van der Waals surface area (Å²) in [4.78, 5) is 26.3. The van der Waals surface area contributed by atoms with Crippen LogP contribution < -0.4 is 0 Å². The predicted molar refractivity (Wildman–Crippen MR) is 59.2 cm³/mol. The third-order valence-corrected chi connectivity index (χ3v) is 2.69. The van der Waals surface area contributed by atoms with E-state index >= 15 is 0 Å². The van der Waals surface area contributed by atoms with E-state index in [9.17, 15) is 23.7 Å². The molecule has 1 heterocycles. The van der Waals surface area contributed by atoms with Crippen molar-refractivity contribution < 1.29 is 23.3 Å². The topological polar surface area (TPSA) is 72.7 Å². The van der Waals surface area contributed by atoms with Crippen LogP contribution in [0.2, 0.25) is 0 Å². The number of carbonyl (C=O) groups is 1. The second-order valence-corrected chi connectivity index (χ2v) is 3.99. The summed E-state index contributed by atoms with van der Waals surface area (Å²) in [7, 11) is 0. The molecule has 0 N–H and O–H groups in total. The molecule has 0 atom stereocenters. The number of hydroxylamine groups is 2. The van der Waals surface area contributed by atoms with Gasteiger partial charge in [0.05, 0.1) is 23.2 Å². The molecule has 0 aliphatic carbocycles. The van der Waals surface area contributed by atoms with Crippen LogP contribution in [0.3, 0.4) is 0 Å². The molecule has 19 heavy (non-hydrogen) atoms. The Balaban J connectivity index is 2.32. The van der Waals surface area contributed by atoms with Gasteiger partial charge in [0, 0.05) is 6.54 Å². The zero-order valence-electron chi connectivity index (χ0n) is 9.77. The van der Waals surface area contributed by atoms with E-state index in [4.69, 9.17) is 4.84 Å². The maximum atomic E-state index is 13.6. The Kier molecular flexibility index (Phi) is 3.70. The van der Waals surface area contributed by atoms with Crippen LogP contribution in [-0.2, 0) is 4.84 Å². The van der Waals surface area contributed by atoms with Crippen LogP contribution in [0.5, 0.6) is 0 Å². The minimum Gasteiger partial charge on any atom is -0.271 e. The number of amides is 1. The van der Waals surface area contributed by atoms with Gasteiger partial charge < -0.3 is 0 Å². The molecule has 1 aliphatic heterocycles. The maximum Gasteiger partial charge on any atom is 0.307 e. The highest BCUT2D eigenvalue weighted by Crippen LogP contribution is 2.23. The number of hydrogen-bond acceptors (Lipinski definition) is 4. The molecule has 0 bridgehead atoms. The monoisotopic (exact) mass is 272 g/mol. The molecule has 0 aromatic heterocycles. The van der Waals surface area contributed by atoms with E-state index in [1.54, 1.807) is 0 Å². The van der Waals surface area contributed by atoms with Crippen LogP contribution >= 0.6 is 0 Å². The average molecular weight is 272 g/mol. The predicted octanol–water partition coefficient (Wildman–Crippen LogP) is 2.04. The average Bonchev–Trinajstić information content (AvgIpc) is 2.41. The number of rotatable bonds is 2. The van der Waals surface area contributed by atoms with Crippen molar-refractivity contribution >= 4 is 11.6 Å². The fraction of sp³-hybridized carbons (Fsp3) is 0.364. The quantitative estimate of drug-likeness (QED) is 0.610. The molecule has 8 heteroatoms. The van der Waals surface area contributed by atoms with Crippen LogP contribution in [0.4, 0.5) is 14.5 Å². The SMILES string of the molecule is O=C(c1cc(F)c([N+](=O)[O-])cc1F)N1CCCCO1. The highest BCUT2D eigenvalue weighted by atomic mass is 19.1. The first kappa shape index (κ1) is 13.3. The third-order valence-electron chi connectivity index (χ3n) is 2.69. The molecule has 0 unspecified atom stereocenters. The molecule has 0 radical (unpaired) electrons. The van der Waals surface area contributed by atoms with E-state index in [1.165, 1.54) is 0 Å². The molecule has 0 spiro atoms. The highest BCUT2D eigenvalue weighted by molar-refractivity contribution is 5.94. The summed E-state index contributed by atoms with van der Waals surface area (Å²) in [5.41, 5.74) is -1.58. The van der Waals surface area contributed by atoms with Crippen LogP contribution in [0.25, 0.3) is 0 Å². The second-order valence-electron chi connectivity index (χ2n) is 3.99. The lowest BCUT2D eigenvalue weighted by atomic mass is 10.1. The van der Waals surface area contributed by atoms with Crippen molar-refractivity contribution in [2.45, 2.75) is 12.8 Å². The van der Waals surface area contributed by atoms with Gasteiger partial charge in [-0.05, 0) is 18.9 Å². The first-order chi connectivity index (χ1) is 9.00. The number of benzene rings is 1. The van der Waals surface area contributed by atoms with Crippen LogP contribution in [0, 0.1) is 21.7 Å². The minimum atomic E-state index is -1.26. The van der Waals surface area contributed by atoms with Gasteiger partial charge >= 0.3 is 5.69 Å². The van der Waals surface area contributed by atoms with Crippen molar-refractivity contribution in [2.24, 2.45) is 0 Å². The fourth-order valence-corrected chi connectivity index (χ4v) is 1.73. The van der Waals surface area contributed by atoms with E-state index in [0.29, 0.717) is 25.2 Å². The molecule has 6 nitrogen and oxygen atoms in total. The largest absolute Gasteiger partial charge is 0.307 e. The molecule has 1 amide bonds. The van der Waals surface area contributed by atoms with Gasteiger partial charge in [-0.3, -0.25) is 19.7 Å². The van der Waals surface area contributed by atoms with Gasteiger partial charge in [-0.15, -0.1) is 0 Å². The van der Waals surface area contributed by atoms with Gasteiger partial charge in [0.1, 0.15) is 5.82 Å². The molecule has 1 fully saturated rings. The highest BCUT2D eigenvalue weighted by Gasteiger charge is 2.26. The number of hydrogen-bond donors (Lipinski definition) is 0. The Morgan fingerprint density at radius 1 is 1.32 bits per heavy atom. The Hall–Kier alpha value is -2.09. The summed E-state index contributed by atoms with van der Waals surface area (Å²) in [6.07, 6.45) is 1.48. The first-order valence-electron chi connectivity index (χ1n) is 5.59. The number of carbonyl (C=O) groups excluding carboxylic acids is 1. The Morgan fingerprint density at radius 3 is 2.63 bits per heavy atom. The minimum absolute atomic E-state index is 0.275. The van der Waals surface area contributed by atoms with Crippen molar-refractivity contribution in [2.75, 3.05) is 13.2 Å². The lowest BCUT2D eigenvalue weighted by molar-refractivity contribution is -0.387. The Morgan fingerprint density at radius 2 is 2.05 bits per heavy atom. The first-order valence-corrected chi connectivity index (χ1v) is 5.59. The number of halogens is 2. The van der Waals surface area contributed by atoms with Crippen molar-refractivity contribution in [3.8, 4) is 0 Å². The second kappa shape index (κ2) is 5.27. The summed E-state index contributed by atoms with van der Waals surface area (Å²) in [5.74, 6) is -3.25. The third kappa shape index (κ3) is 2.68. The lowest BCUT2D eigenvalue weighted by Gasteiger charge is -2.25. The fourth-order valence-electron chi connectivity index (χ4n) is 1.73.